The van der Waals surface area contributed by atoms with Gasteiger partial charge >= 0.3 is 0 Å². The third-order valence-corrected chi connectivity index (χ3v) is 4.14. The summed E-state index contributed by atoms with van der Waals surface area (Å²) < 4.78 is 5.27. The molecule has 1 fully saturated rings. The lowest BCUT2D eigenvalue weighted by Crippen LogP contribution is -2.38. The monoisotopic (exact) mass is 279 g/mol. The number of aromatic amines is 1. The normalized spacial score (nSPS) is 19.3. The van der Waals surface area contributed by atoms with Gasteiger partial charge in [0, 0.05) is 17.9 Å². The number of carbonyl (C=O) groups excluding carboxylic acids is 1. The van der Waals surface area contributed by atoms with Crippen LogP contribution >= 0.6 is 11.8 Å². The van der Waals surface area contributed by atoms with E-state index in [-0.39, 0.29) is 11.9 Å². The average molecular weight is 279 g/mol. The topological polar surface area (TPSA) is 96.7 Å². The second-order valence-corrected chi connectivity index (χ2v) is 5.47. The second kappa shape index (κ2) is 5.43. The maximum Gasteiger partial charge on any atom is 0.254 e. The minimum absolute atomic E-state index is 0.119. The van der Waals surface area contributed by atoms with E-state index >= 15 is 0 Å². The predicted molar refractivity (Wildman–Crippen MR) is 69.7 cm³/mol. The lowest BCUT2D eigenvalue weighted by atomic mass is 10.1. The van der Waals surface area contributed by atoms with Crippen molar-refractivity contribution in [3.8, 4) is 11.6 Å². The number of nitrogens with zero attached hydrogens (tertiary/aromatic N) is 3. The fourth-order valence-electron chi connectivity index (χ4n) is 1.96. The Balaban J connectivity index is 1.67. The molecule has 3 heterocycles. The quantitative estimate of drug-likeness (QED) is 0.872. The Kier molecular flexibility index (Phi) is 3.49. The molecule has 100 valence electrons. The third kappa shape index (κ3) is 2.78. The second-order valence-electron chi connectivity index (χ2n) is 4.32. The summed E-state index contributed by atoms with van der Waals surface area (Å²) >= 11 is 1.87. The molecule has 1 unspecified atom stereocenters. The summed E-state index contributed by atoms with van der Waals surface area (Å²) in [6.07, 6.45) is 3.60. The molecule has 1 aliphatic rings. The summed E-state index contributed by atoms with van der Waals surface area (Å²) in [7, 11) is 0. The number of amides is 1. The molecule has 0 aromatic carbocycles. The van der Waals surface area contributed by atoms with Crippen molar-refractivity contribution in [2.75, 3.05) is 11.5 Å². The number of aromatic nitrogens is 4. The van der Waals surface area contributed by atoms with E-state index in [4.69, 9.17) is 4.42 Å². The molecular formula is C11H13N5O2S. The first-order chi connectivity index (χ1) is 9.33. The molecule has 3 rings (SSSR count). The van der Waals surface area contributed by atoms with Crippen molar-refractivity contribution in [3.63, 3.8) is 0 Å². The number of rotatable bonds is 3. The van der Waals surface area contributed by atoms with E-state index in [0.29, 0.717) is 17.1 Å². The van der Waals surface area contributed by atoms with Crippen LogP contribution in [0.3, 0.4) is 0 Å². The predicted octanol–water partition coefficient (Wildman–Crippen LogP) is 1.09. The maximum absolute atomic E-state index is 12.1. The largest absolute Gasteiger partial charge is 0.460 e. The maximum atomic E-state index is 12.1. The number of nitrogens with one attached hydrogen (secondary N) is 2. The van der Waals surface area contributed by atoms with Gasteiger partial charge in [-0.25, -0.2) is 0 Å². The molecule has 1 aliphatic heterocycles. The van der Waals surface area contributed by atoms with Crippen LogP contribution in [0.5, 0.6) is 0 Å². The van der Waals surface area contributed by atoms with Crippen molar-refractivity contribution in [2.24, 2.45) is 0 Å². The minimum Gasteiger partial charge on any atom is -0.460 e. The molecule has 7 nitrogen and oxygen atoms in total. The molecule has 8 heteroatoms. The lowest BCUT2D eigenvalue weighted by Gasteiger charge is -2.21. The zero-order valence-corrected chi connectivity index (χ0v) is 10.9. The lowest BCUT2D eigenvalue weighted by molar-refractivity contribution is 0.0938. The van der Waals surface area contributed by atoms with Crippen molar-refractivity contribution >= 4 is 17.7 Å². The fraction of sp³-hybridized carbons (Fsp3) is 0.455. The van der Waals surface area contributed by atoms with Crippen LogP contribution in [-0.2, 0) is 0 Å². The molecule has 2 aromatic heterocycles. The summed E-state index contributed by atoms with van der Waals surface area (Å²) in [6, 6.07) is 1.87. The Morgan fingerprint density at radius 1 is 1.58 bits per heavy atom. The van der Waals surface area contributed by atoms with Crippen LogP contribution in [0, 0.1) is 0 Å². The van der Waals surface area contributed by atoms with Gasteiger partial charge in [0.15, 0.2) is 5.76 Å². The summed E-state index contributed by atoms with van der Waals surface area (Å²) in [4.78, 5) is 12.1. The van der Waals surface area contributed by atoms with E-state index in [2.05, 4.69) is 25.9 Å². The highest BCUT2D eigenvalue weighted by Crippen LogP contribution is 2.19. The van der Waals surface area contributed by atoms with Crippen LogP contribution in [0.4, 0.5) is 0 Å². The SMILES string of the molecule is O=C(NC1CCCSC1)c1coc(-c2nn[nH]n2)c1. The zero-order valence-electron chi connectivity index (χ0n) is 10.1. The summed E-state index contributed by atoms with van der Waals surface area (Å²) in [5.41, 5.74) is 0.482. The number of furan rings is 1. The summed E-state index contributed by atoms with van der Waals surface area (Å²) in [5, 5.41) is 16.4. The molecule has 0 radical (unpaired) electrons. The van der Waals surface area contributed by atoms with E-state index < -0.39 is 0 Å². The zero-order chi connectivity index (χ0) is 13.1. The van der Waals surface area contributed by atoms with Gasteiger partial charge in [-0.1, -0.05) is 0 Å². The number of thioether (sulfide) groups is 1. The number of carbonyl (C=O) groups is 1. The van der Waals surface area contributed by atoms with Crippen molar-refractivity contribution in [1.82, 2.24) is 25.9 Å². The van der Waals surface area contributed by atoms with Crippen molar-refractivity contribution in [2.45, 2.75) is 18.9 Å². The van der Waals surface area contributed by atoms with Crippen molar-refractivity contribution in [1.29, 1.82) is 0 Å². The standard InChI is InChI=1S/C11H13N5O2S/c17-11(12-8-2-1-3-19-6-8)7-4-9(18-5-7)10-13-15-16-14-10/h4-5,8H,1-3,6H2,(H,12,17)(H,13,14,15,16). The van der Waals surface area contributed by atoms with E-state index in [1.54, 1.807) is 6.07 Å². The van der Waals surface area contributed by atoms with Gasteiger partial charge < -0.3 is 9.73 Å². The first-order valence-corrected chi connectivity index (χ1v) is 7.19. The molecule has 2 aromatic rings. The third-order valence-electron chi connectivity index (χ3n) is 2.92. The van der Waals surface area contributed by atoms with Gasteiger partial charge in [-0.05, 0) is 23.8 Å². The van der Waals surface area contributed by atoms with Crippen molar-refractivity contribution < 1.29 is 9.21 Å². The minimum atomic E-state index is -0.119. The number of tetrazole rings is 1. The molecule has 1 amide bonds. The van der Waals surface area contributed by atoms with Crippen LogP contribution in [0.25, 0.3) is 11.6 Å². The number of H-pyrrole nitrogens is 1. The van der Waals surface area contributed by atoms with Gasteiger partial charge in [-0.2, -0.15) is 17.0 Å². The van der Waals surface area contributed by atoms with Crippen molar-refractivity contribution in [3.05, 3.63) is 17.9 Å². The molecule has 0 bridgehead atoms. The Bertz CT molecular complexity index is 547. The van der Waals surface area contributed by atoms with E-state index in [9.17, 15) is 4.79 Å². The molecular weight excluding hydrogens is 266 g/mol. The molecule has 2 N–H and O–H groups in total. The number of hydrogen-bond acceptors (Lipinski definition) is 6. The van der Waals surface area contributed by atoms with E-state index in [1.165, 1.54) is 12.0 Å². The number of hydrogen-bond donors (Lipinski definition) is 2. The first-order valence-electron chi connectivity index (χ1n) is 6.04. The van der Waals surface area contributed by atoms with Gasteiger partial charge in [0.1, 0.15) is 6.26 Å². The first kappa shape index (κ1) is 12.2. The molecule has 0 spiro atoms. The molecule has 19 heavy (non-hydrogen) atoms. The summed E-state index contributed by atoms with van der Waals surface area (Å²) in [5.74, 6) is 2.80. The highest BCUT2D eigenvalue weighted by Gasteiger charge is 2.19. The Morgan fingerprint density at radius 3 is 3.26 bits per heavy atom. The molecule has 0 aliphatic carbocycles. The Labute approximate surface area is 113 Å². The Morgan fingerprint density at radius 2 is 2.53 bits per heavy atom. The molecule has 1 atom stereocenters. The van der Waals surface area contributed by atoms with Gasteiger partial charge in [0.25, 0.3) is 5.91 Å². The highest BCUT2D eigenvalue weighted by atomic mass is 32.2. The van der Waals surface area contributed by atoms with Crippen LogP contribution in [0.1, 0.15) is 23.2 Å². The van der Waals surface area contributed by atoms with Gasteiger partial charge in [-0.3, -0.25) is 4.79 Å². The van der Waals surface area contributed by atoms with Gasteiger partial charge in [0.05, 0.1) is 5.56 Å². The summed E-state index contributed by atoms with van der Waals surface area (Å²) in [6.45, 7) is 0. The van der Waals surface area contributed by atoms with Crippen LogP contribution in [0.2, 0.25) is 0 Å². The Hall–Kier alpha value is -1.83. The fourth-order valence-corrected chi connectivity index (χ4v) is 3.03. The van der Waals surface area contributed by atoms with Crippen LogP contribution < -0.4 is 5.32 Å². The van der Waals surface area contributed by atoms with Crippen LogP contribution in [0.15, 0.2) is 16.7 Å². The smallest absolute Gasteiger partial charge is 0.254 e. The van der Waals surface area contributed by atoms with Crippen LogP contribution in [-0.4, -0.2) is 44.1 Å². The van der Waals surface area contributed by atoms with E-state index in [0.717, 1.165) is 18.6 Å². The highest BCUT2D eigenvalue weighted by molar-refractivity contribution is 7.99. The average Bonchev–Trinajstić information content (AvgIpc) is 3.11. The van der Waals surface area contributed by atoms with Gasteiger partial charge in [-0.15, -0.1) is 10.2 Å². The molecule has 0 saturated carbocycles. The van der Waals surface area contributed by atoms with E-state index in [1.807, 2.05) is 11.8 Å². The molecule has 1 saturated heterocycles. The van der Waals surface area contributed by atoms with Gasteiger partial charge in [0.2, 0.25) is 5.82 Å².